The van der Waals surface area contributed by atoms with Gasteiger partial charge >= 0.3 is 0 Å². The maximum absolute atomic E-state index is 6.18. The standard InChI is InChI=1S/C28H36N2/c1-15(2)23-9-10-24(16(3)4)28(26-19(7)13-22(30)14-20(26)8)27(23)25-17(5)11-21(29)12-18(25)6/h9-16H,29-30H2,1-8H3. The minimum Gasteiger partial charge on any atom is -0.399 e. The molecule has 0 bridgehead atoms. The van der Waals surface area contributed by atoms with Crippen LogP contribution in [0.1, 0.15) is 72.9 Å². The zero-order chi connectivity index (χ0) is 22.3. The van der Waals surface area contributed by atoms with Crippen LogP contribution in [0.5, 0.6) is 0 Å². The number of benzene rings is 3. The molecule has 2 heteroatoms. The molecule has 0 amide bonds. The summed E-state index contributed by atoms with van der Waals surface area (Å²) in [5.41, 5.74) is 27.0. The molecule has 0 heterocycles. The minimum absolute atomic E-state index is 0.408. The second kappa shape index (κ2) is 8.18. The molecule has 0 atom stereocenters. The summed E-state index contributed by atoms with van der Waals surface area (Å²) in [6.07, 6.45) is 0. The number of anilines is 2. The van der Waals surface area contributed by atoms with E-state index in [0.717, 1.165) is 11.4 Å². The SMILES string of the molecule is Cc1cc(N)cc(C)c1-c1c(C(C)C)ccc(C(C)C)c1-c1c(C)cc(N)cc1C. The van der Waals surface area contributed by atoms with Gasteiger partial charge in [-0.15, -0.1) is 0 Å². The molecule has 158 valence electrons. The van der Waals surface area contributed by atoms with E-state index in [1.165, 1.54) is 55.6 Å². The Balaban J connectivity index is 2.59. The van der Waals surface area contributed by atoms with E-state index in [1.54, 1.807) is 0 Å². The van der Waals surface area contributed by atoms with Gasteiger partial charge in [0.05, 0.1) is 0 Å². The van der Waals surface area contributed by atoms with Crippen molar-refractivity contribution >= 4 is 11.4 Å². The highest BCUT2D eigenvalue weighted by molar-refractivity contribution is 5.93. The van der Waals surface area contributed by atoms with Crippen molar-refractivity contribution in [1.82, 2.24) is 0 Å². The van der Waals surface area contributed by atoms with E-state index < -0.39 is 0 Å². The van der Waals surface area contributed by atoms with Crippen molar-refractivity contribution in [1.29, 1.82) is 0 Å². The molecule has 3 aromatic rings. The topological polar surface area (TPSA) is 52.0 Å². The van der Waals surface area contributed by atoms with Crippen LogP contribution >= 0.6 is 0 Å². The fraction of sp³-hybridized carbons (Fsp3) is 0.357. The van der Waals surface area contributed by atoms with E-state index in [4.69, 9.17) is 11.5 Å². The Hall–Kier alpha value is -2.74. The summed E-state index contributed by atoms with van der Waals surface area (Å²) in [5.74, 6) is 0.816. The smallest absolute Gasteiger partial charge is 0.0319 e. The summed E-state index contributed by atoms with van der Waals surface area (Å²) < 4.78 is 0. The van der Waals surface area contributed by atoms with Crippen LogP contribution in [-0.4, -0.2) is 0 Å². The normalized spacial score (nSPS) is 11.5. The number of rotatable bonds is 4. The van der Waals surface area contributed by atoms with Gasteiger partial charge in [-0.1, -0.05) is 39.8 Å². The Bertz CT molecular complexity index is 969. The first kappa shape index (κ1) is 22.0. The number of nitrogens with two attached hydrogens (primary N) is 2. The Morgan fingerprint density at radius 1 is 0.500 bits per heavy atom. The highest BCUT2D eigenvalue weighted by atomic mass is 14.5. The molecule has 2 nitrogen and oxygen atoms in total. The third-order valence-electron chi connectivity index (χ3n) is 6.12. The zero-order valence-electron chi connectivity index (χ0n) is 19.8. The molecule has 4 N–H and O–H groups in total. The molecule has 0 radical (unpaired) electrons. The Morgan fingerprint density at radius 2 is 0.767 bits per heavy atom. The van der Waals surface area contributed by atoms with Gasteiger partial charge in [0.25, 0.3) is 0 Å². The van der Waals surface area contributed by atoms with Gasteiger partial charge in [0, 0.05) is 11.4 Å². The number of nitrogen functional groups attached to an aromatic ring is 2. The first-order valence-electron chi connectivity index (χ1n) is 10.9. The predicted octanol–water partition coefficient (Wildman–Crippen LogP) is 7.67. The second-order valence-corrected chi connectivity index (χ2v) is 9.36. The molecule has 3 aromatic carbocycles. The third-order valence-corrected chi connectivity index (χ3v) is 6.12. The van der Waals surface area contributed by atoms with Gasteiger partial charge in [0.1, 0.15) is 0 Å². The first-order chi connectivity index (χ1) is 14.0. The van der Waals surface area contributed by atoms with E-state index in [-0.39, 0.29) is 0 Å². The van der Waals surface area contributed by atoms with E-state index >= 15 is 0 Å². The predicted molar refractivity (Wildman–Crippen MR) is 133 cm³/mol. The average Bonchev–Trinajstić information content (AvgIpc) is 2.60. The van der Waals surface area contributed by atoms with Crippen LogP contribution in [0.2, 0.25) is 0 Å². The molecule has 0 saturated carbocycles. The van der Waals surface area contributed by atoms with E-state index in [1.807, 2.05) is 0 Å². The average molecular weight is 401 g/mol. The lowest BCUT2D eigenvalue weighted by Crippen LogP contribution is -2.06. The second-order valence-electron chi connectivity index (χ2n) is 9.36. The van der Waals surface area contributed by atoms with Crippen LogP contribution in [0.25, 0.3) is 22.3 Å². The summed E-state index contributed by atoms with van der Waals surface area (Å²) in [6.45, 7) is 17.8. The molecule has 0 spiro atoms. The molecule has 3 rings (SSSR count). The Kier molecular flexibility index (Phi) is 5.99. The van der Waals surface area contributed by atoms with E-state index in [9.17, 15) is 0 Å². The van der Waals surface area contributed by atoms with Gasteiger partial charge in [-0.3, -0.25) is 0 Å². The Labute approximate surface area is 182 Å². The van der Waals surface area contributed by atoms with Gasteiger partial charge in [-0.05, 0) is 119 Å². The zero-order valence-corrected chi connectivity index (χ0v) is 19.8. The quantitative estimate of drug-likeness (QED) is 0.441. The maximum Gasteiger partial charge on any atom is 0.0319 e. The fourth-order valence-electron chi connectivity index (χ4n) is 4.92. The summed E-state index contributed by atoms with van der Waals surface area (Å²) in [5, 5.41) is 0. The summed E-state index contributed by atoms with van der Waals surface area (Å²) >= 11 is 0. The summed E-state index contributed by atoms with van der Waals surface area (Å²) in [6, 6.07) is 13.1. The number of hydrogen-bond acceptors (Lipinski definition) is 2. The van der Waals surface area contributed by atoms with Gasteiger partial charge in [-0.25, -0.2) is 0 Å². The fourth-order valence-corrected chi connectivity index (χ4v) is 4.92. The van der Waals surface area contributed by atoms with Crippen molar-refractivity contribution in [3.63, 3.8) is 0 Å². The van der Waals surface area contributed by atoms with Crippen LogP contribution in [0.3, 0.4) is 0 Å². The van der Waals surface area contributed by atoms with Gasteiger partial charge in [0.2, 0.25) is 0 Å². The molecule has 0 aliphatic heterocycles. The van der Waals surface area contributed by atoms with E-state index in [0.29, 0.717) is 11.8 Å². The largest absolute Gasteiger partial charge is 0.399 e. The van der Waals surface area contributed by atoms with Crippen molar-refractivity contribution in [3.05, 3.63) is 69.8 Å². The molecule has 0 fully saturated rings. The van der Waals surface area contributed by atoms with Gasteiger partial charge in [0.15, 0.2) is 0 Å². The summed E-state index contributed by atoms with van der Waals surface area (Å²) in [7, 11) is 0. The van der Waals surface area contributed by atoms with Crippen LogP contribution in [0.4, 0.5) is 11.4 Å². The van der Waals surface area contributed by atoms with Crippen molar-refractivity contribution in [3.8, 4) is 22.3 Å². The van der Waals surface area contributed by atoms with Gasteiger partial charge in [-0.2, -0.15) is 0 Å². The monoisotopic (exact) mass is 400 g/mol. The highest BCUT2D eigenvalue weighted by Crippen LogP contribution is 2.47. The molecule has 30 heavy (non-hydrogen) atoms. The first-order valence-corrected chi connectivity index (χ1v) is 10.9. The lowest BCUT2D eigenvalue weighted by Gasteiger charge is -2.27. The molecule has 0 saturated heterocycles. The lowest BCUT2D eigenvalue weighted by atomic mass is 9.77. The number of aryl methyl sites for hydroxylation is 4. The number of hydrogen-bond donors (Lipinski definition) is 2. The van der Waals surface area contributed by atoms with Crippen molar-refractivity contribution in [2.45, 2.75) is 67.2 Å². The third kappa shape index (κ3) is 3.84. The molecule has 0 unspecified atom stereocenters. The van der Waals surface area contributed by atoms with Gasteiger partial charge < -0.3 is 11.5 Å². The van der Waals surface area contributed by atoms with Crippen LogP contribution in [-0.2, 0) is 0 Å². The van der Waals surface area contributed by atoms with Crippen molar-refractivity contribution in [2.24, 2.45) is 0 Å². The van der Waals surface area contributed by atoms with Crippen molar-refractivity contribution < 1.29 is 0 Å². The summed E-state index contributed by atoms with van der Waals surface area (Å²) in [4.78, 5) is 0. The van der Waals surface area contributed by atoms with Crippen LogP contribution < -0.4 is 11.5 Å². The minimum atomic E-state index is 0.408. The lowest BCUT2D eigenvalue weighted by molar-refractivity contribution is 0.848. The molecular weight excluding hydrogens is 364 g/mol. The Morgan fingerprint density at radius 3 is 1.00 bits per heavy atom. The van der Waals surface area contributed by atoms with Crippen LogP contribution in [0, 0.1) is 27.7 Å². The highest BCUT2D eigenvalue weighted by Gasteiger charge is 2.24. The molecule has 0 aromatic heterocycles. The molecular formula is C28H36N2. The molecule has 0 aliphatic carbocycles. The van der Waals surface area contributed by atoms with E-state index in [2.05, 4.69) is 91.8 Å². The molecule has 0 aliphatic rings. The van der Waals surface area contributed by atoms with Crippen molar-refractivity contribution in [2.75, 3.05) is 11.5 Å². The van der Waals surface area contributed by atoms with Crippen LogP contribution in [0.15, 0.2) is 36.4 Å². The maximum atomic E-state index is 6.18.